The number of likely N-dealkylation sites (N-methyl/N-ethyl adjacent to an activating group) is 2. The molecule has 3 heterocycles. The van der Waals surface area contributed by atoms with Gasteiger partial charge in [-0.15, -0.1) is 35.4 Å². The number of nitrogens with zero attached hydrogens (tertiary/aromatic N) is 2. The van der Waals surface area contributed by atoms with Gasteiger partial charge in [0.2, 0.25) is 5.36 Å². The van der Waals surface area contributed by atoms with Gasteiger partial charge in [0.15, 0.2) is 5.54 Å². The van der Waals surface area contributed by atoms with Gasteiger partial charge in [-0.1, -0.05) is 38.5 Å². The summed E-state index contributed by atoms with van der Waals surface area (Å²) < 4.78 is 77.4. The summed E-state index contributed by atoms with van der Waals surface area (Å²) in [5.74, 6) is 0.0304. The van der Waals surface area contributed by atoms with Gasteiger partial charge in [0, 0.05) is 55.0 Å². The molecule has 0 aromatic heterocycles. The second kappa shape index (κ2) is 11.9. The molecule has 0 bridgehead atoms. The molecular formula is C37H42CoN2O7S2. The van der Waals surface area contributed by atoms with Crippen LogP contribution in [0.1, 0.15) is 76.3 Å². The van der Waals surface area contributed by atoms with Crippen LogP contribution in [0, 0.1) is 6.07 Å². The summed E-state index contributed by atoms with van der Waals surface area (Å²) in [6, 6.07) is 17.1. The van der Waals surface area contributed by atoms with E-state index in [1.807, 2.05) is 90.3 Å². The van der Waals surface area contributed by atoms with Gasteiger partial charge in [0.1, 0.15) is 30.1 Å². The number of ether oxygens (including phenoxy) is 1. The fourth-order valence-electron chi connectivity index (χ4n) is 6.85. The summed E-state index contributed by atoms with van der Waals surface area (Å²) in [5, 5.41) is 1.45. The first-order chi connectivity index (χ1) is 22.0. The molecule has 0 amide bonds. The standard InChI is InChI=1S/C37H42N2O7S2.Co/c1-35(2,3)25-12-10-11-22(13-25)34-28-14-26-23(20-47(40,41)42)18-36(4,5)38(8)30(26)16-32(28)46-33-17-31-27(15-29(33)34)24(21-48(43,44)45)19-37(6,7)39(31)9;/h10,12-19H,20-21H2,1-9H3,(H,40,41,42)(H,43,44,45);. The van der Waals surface area contributed by atoms with Gasteiger partial charge < -0.3 is 9.64 Å². The number of rotatable bonds is 5. The van der Waals surface area contributed by atoms with E-state index >= 15 is 0 Å². The Hall–Kier alpha value is -3.26. The SMILES string of the molecule is CN1c2cc3c(cc2C(CS(=O)(=O)O)=CC1(C)C)C(c1[c-]ccc(C(C)(C)C)c1)=c1cc2c(cc1O3)=[N+](C)C(C)(C)C=C2CS(=O)(=O)O.[Co]. The number of hydrogen-bond donors (Lipinski definition) is 2. The molecule has 3 aliphatic rings. The van der Waals surface area contributed by atoms with Crippen molar-refractivity contribution in [3.8, 4) is 11.5 Å². The van der Waals surface area contributed by atoms with Crippen molar-refractivity contribution in [3.05, 3.63) is 99.1 Å². The molecule has 9 nitrogen and oxygen atoms in total. The number of anilines is 1. The minimum atomic E-state index is -4.35. The van der Waals surface area contributed by atoms with Crippen LogP contribution in [0.5, 0.6) is 11.5 Å². The van der Waals surface area contributed by atoms with E-state index in [1.54, 1.807) is 0 Å². The predicted octanol–water partition coefficient (Wildman–Crippen LogP) is 4.82. The molecule has 0 spiro atoms. The Morgan fingerprint density at radius 3 is 2.06 bits per heavy atom. The van der Waals surface area contributed by atoms with Crippen LogP contribution in [0.2, 0.25) is 0 Å². The molecule has 0 unspecified atom stereocenters. The molecule has 3 aromatic rings. The van der Waals surface area contributed by atoms with Gasteiger partial charge in [-0.2, -0.15) is 16.8 Å². The van der Waals surface area contributed by atoms with Gasteiger partial charge in [0.25, 0.3) is 20.2 Å². The van der Waals surface area contributed by atoms with E-state index in [9.17, 15) is 25.9 Å². The summed E-state index contributed by atoms with van der Waals surface area (Å²) in [7, 11) is -4.83. The maximum atomic E-state index is 12.2. The molecule has 3 aromatic carbocycles. The zero-order chi connectivity index (χ0) is 35.4. The molecule has 0 saturated heterocycles. The monoisotopic (exact) mass is 749 g/mol. The largest absolute Gasteiger partial charge is 0.457 e. The Kier molecular flexibility index (Phi) is 9.00. The molecule has 49 heavy (non-hydrogen) atoms. The second-order valence-electron chi connectivity index (χ2n) is 15.2. The van der Waals surface area contributed by atoms with Crippen LogP contribution in [0.25, 0.3) is 16.7 Å². The summed E-state index contributed by atoms with van der Waals surface area (Å²) >= 11 is 0. The van der Waals surface area contributed by atoms with Gasteiger partial charge >= 0.3 is 0 Å². The van der Waals surface area contributed by atoms with E-state index in [-0.39, 0.29) is 22.2 Å². The van der Waals surface area contributed by atoms with Crippen molar-refractivity contribution in [2.75, 3.05) is 30.5 Å². The molecule has 2 N–H and O–H groups in total. The minimum Gasteiger partial charge on any atom is -0.457 e. The molecule has 263 valence electrons. The number of hydrogen-bond acceptors (Lipinski definition) is 6. The zero-order valence-electron chi connectivity index (χ0n) is 29.1. The van der Waals surface area contributed by atoms with E-state index < -0.39 is 42.8 Å². The Balaban J connectivity index is 0.00000468. The van der Waals surface area contributed by atoms with Crippen molar-refractivity contribution in [1.82, 2.24) is 4.58 Å². The van der Waals surface area contributed by atoms with E-state index in [0.717, 1.165) is 27.7 Å². The average Bonchev–Trinajstić information content (AvgIpc) is 2.93. The van der Waals surface area contributed by atoms with E-state index in [4.69, 9.17) is 4.74 Å². The predicted molar refractivity (Wildman–Crippen MR) is 190 cm³/mol. The Labute approximate surface area is 299 Å². The summed E-state index contributed by atoms with van der Waals surface area (Å²) in [4.78, 5) is 2.05. The molecule has 12 heteroatoms. The Morgan fingerprint density at radius 2 is 1.47 bits per heavy atom. The maximum Gasteiger partial charge on any atom is 0.269 e. The fraction of sp³-hybridized carbons (Fsp3) is 0.378. The van der Waals surface area contributed by atoms with Crippen LogP contribution in [0.3, 0.4) is 0 Å². The third-order valence-corrected chi connectivity index (χ3v) is 11.1. The fourth-order valence-corrected chi connectivity index (χ4v) is 8.12. The van der Waals surface area contributed by atoms with Crippen molar-refractivity contribution in [2.24, 2.45) is 0 Å². The van der Waals surface area contributed by atoms with Crippen LogP contribution in [0.4, 0.5) is 5.69 Å². The van der Waals surface area contributed by atoms with Crippen LogP contribution in [-0.2, 0) is 42.4 Å². The first-order valence-corrected chi connectivity index (χ1v) is 18.9. The molecule has 0 saturated carbocycles. The Morgan fingerprint density at radius 1 is 0.857 bits per heavy atom. The zero-order valence-corrected chi connectivity index (χ0v) is 31.8. The first kappa shape index (κ1) is 37.0. The molecular weight excluding hydrogens is 707 g/mol. The van der Waals surface area contributed by atoms with Gasteiger partial charge in [0.05, 0.1) is 17.2 Å². The van der Waals surface area contributed by atoms with Gasteiger partial charge in [-0.25, -0.2) is 4.58 Å². The average molecular weight is 750 g/mol. The molecule has 0 fully saturated rings. The van der Waals surface area contributed by atoms with Crippen molar-refractivity contribution in [1.29, 1.82) is 0 Å². The molecule has 6 rings (SSSR count). The second-order valence-corrected chi connectivity index (χ2v) is 18.1. The van der Waals surface area contributed by atoms with Crippen LogP contribution in [0.15, 0.2) is 54.6 Å². The minimum absolute atomic E-state index is 0. The molecule has 1 radical (unpaired) electrons. The van der Waals surface area contributed by atoms with Crippen molar-refractivity contribution < 1.29 is 47.5 Å². The van der Waals surface area contributed by atoms with Gasteiger partial charge in [-0.3, -0.25) is 9.11 Å². The van der Waals surface area contributed by atoms with Crippen molar-refractivity contribution in [2.45, 2.75) is 65.0 Å². The van der Waals surface area contributed by atoms with E-state index in [0.29, 0.717) is 44.6 Å². The maximum absolute atomic E-state index is 12.2. The third-order valence-electron chi connectivity index (χ3n) is 9.77. The summed E-state index contributed by atoms with van der Waals surface area (Å²) in [6.07, 6.45) is 3.72. The Bertz CT molecular complexity index is 2330. The van der Waals surface area contributed by atoms with E-state index in [1.165, 1.54) is 0 Å². The third kappa shape index (κ3) is 6.91. The molecule has 0 atom stereocenters. The quantitative estimate of drug-likeness (QED) is 0.169. The molecule has 0 aliphatic carbocycles. The summed E-state index contributed by atoms with van der Waals surface area (Å²) in [5.41, 5.74) is 5.05. The van der Waals surface area contributed by atoms with Crippen LogP contribution >= 0.6 is 0 Å². The van der Waals surface area contributed by atoms with E-state index in [2.05, 4.69) is 42.4 Å². The first-order valence-electron chi connectivity index (χ1n) is 15.7. The number of fused-ring (bicyclic) bond motifs is 4. The molecule has 3 aliphatic heterocycles. The normalized spacial score (nSPS) is 17.8. The van der Waals surface area contributed by atoms with Crippen molar-refractivity contribution in [3.63, 3.8) is 0 Å². The van der Waals surface area contributed by atoms with Crippen LogP contribution < -0.4 is 24.8 Å². The van der Waals surface area contributed by atoms with Crippen molar-refractivity contribution >= 4 is 42.6 Å². The van der Waals surface area contributed by atoms with Crippen LogP contribution in [-0.4, -0.2) is 62.6 Å². The number of benzene rings is 3. The summed E-state index contributed by atoms with van der Waals surface area (Å²) in [6.45, 7) is 14.3. The topological polar surface area (TPSA) is 124 Å². The smallest absolute Gasteiger partial charge is 0.269 e. The van der Waals surface area contributed by atoms with Gasteiger partial charge in [-0.05, 0) is 53.3 Å².